The number of rotatable bonds is 5. The normalized spacial score (nSPS) is 24.6. The zero-order valence-electron chi connectivity index (χ0n) is 15.4. The lowest BCUT2D eigenvalue weighted by Gasteiger charge is -2.57. The van der Waals surface area contributed by atoms with Crippen molar-refractivity contribution in [3.63, 3.8) is 0 Å². The highest BCUT2D eigenvalue weighted by atomic mass is 16.5. The van der Waals surface area contributed by atoms with Gasteiger partial charge in [-0.2, -0.15) is 0 Å². The minimum Gasteiger partial charge on any atom is -0.378 e. The van der Waals surface area contributed by atoms with Crippen LogP contribution in [0.2, 0.25) is 0 Å². The number of anilines is 1. The van der Waals surface area contributed by atoms with Gasteiger partial charge in [-0.25, -0.2) is 0 Å². The Hall–Kier alpha value is -1.82. The van der Waals surface area contributed by atoms with E-state index in [0.29, 0.717) is 11.3 Å². The number of aryl methyl sites for hydroxylation is 1. The summed E-state index contributed by atoms with van der Waals surface area (Å²) in [5.41, 5.74) is 1.92. The summed E-state index contributed by atoms with van der Waals surface area (Å²) in [4.78, 5) is 27.3. The van der Waals surface area contributed by atoms with Gasteiger partial charge in [-0.1, -0.05) is 19.3 Å². The fourth-order valence-electron chi connectivity index (χ4n) is 4.60. The topological polar surface area (TPSA) is 83.2 Å². The number of aromatic nitrogens is 1. The minimum absolute atomic E-state index is 0.0856. The van der Waals surface area contributed by atoms with Crippen LogP contribution in [0.3, 0.4) is 0 Å². The van der Waals surface area contributed by atoms with Crippen LogP contribution in [0.1, 0.15) is 68.4 Å². The average molecular weight is 347 g/mol. The Labute approximate surface area is 149 Å². The zero-order valence-corrected chi connectivity index (χ0v) is 15.4. The molecule has 25 heavy (non-hydrogen) atoms. The molecule has 1 aromatic heterocycles. The van der Waals surface area contributed by atoms with E-state index in [1.807, 2.05) is 13.8 Å². The van der Waals surface area contributed by atoms with Gasteiger partial charge in [-0.05, 0) is 33.1 Å². The molecule has 2 aliphatic carbocycles. The van der Waals surface area contributed by atoms with Crippen LogP contribution in [0.25, 0.3) is 0 Å². The van der Waals surface area contributed by atoms with E-state index in [-0.39, 0.29) is 29.4 Å². The number of amides is 2. The first kappa shape index (κ1) is 18.0. The molecule has 0 aromatic carbocycles. The van der Waals surface area contributed by atoms with Crippen molar-refractivity contribution < 1.29 is 14.3 Å². The monoisotopic (exact) mass is 347 g/mol. The molecule has 1 aromatic rings. The van der Waals surface area contributed by atoms with Crippen LogP contribution < -0.4 is 10.6 Å². The summed E-state index contributed by atoms with van der Waals surface area (Å²) in [7, 11) is 0. The minimum atomic E-state index is -0.183. The van der Waals surface area contributed by atoms with E-state index < -0.39 is 0 Å². The van der Waals surface area contributed by atoms with E-state index in [9.17, 15) is 9.59 Å². The number of carbonyl (C=O) groups excluding carboxylic acids is 2. The van der Waals surface area contributed by atoms with Crippen molar-refractivity contribution in [3.8, 4) is 0 Å². The molecule has 2 amide bonds. The molecular formula is C19H29N3O3. The number of ether oxygens (including phenoxy) is 1. The molecule has 2 saturated carbocycles. The van der Waals surface area contributed by atoms with Crippen LogP contribution in [0.4, 0.5) is 5.69 Å². The molecule has 1 heterocycles. The van der Waals surface area contributed by atoms with Crippen molar-refractivity contribution in [1.82, 2.24) is 10.3 Å². The smallest absolute Gasteiger partial charge is 0.255 e. The molecule has 6 nitrogen and oxygen atoms in total. The van der Waals surface area contributed by atoms with Crippen LogP contribution in [0.5, 0.6) is 0 Å². The highest BCUT2D eigenvalue weighted by Crippen LogP contribution is 2.53. The first-order valence-electron chi connectivity index (χ1n) is 9.36. The van der Waals surface area contributed by atoms with Gasteiger partial charge in [0.1, 0.15) is 0 Å². The zero-order chi connectivity index (χ0) is 18.0. The van der Waals surface area contributed by atoms with Crippen LogP contribution in [-0.2, 0) is 9.53 Å². The molecule has 0 radical (unpaired) electrons. The molecule has 3 N–H and O–H groups in total. The van der Waals surface area contributed by atoms with E-state index in [1.54, 1.807) is 6.20 Å². The maximum atomic E-state index is 12.9. The summed E-state index contributed by atoms with van der Waals surface area (Å²) in [6, 6.07) is 0.149. The van der Waals surface area contributed by atoms with Crippen molar-refractivity contribution in [2.45, 2.75) is 71.4 Å². The largest absolute Gasteiger partial charge is 0.378 e. The Morgan fingerprint density at radius 2 is 2.04 bits per heavy atom. The molecule has 1 spiro atoms. The van der Waals surface area contributed by atoms with Gasteiger partial charge in [-0.3, -0.25) is 9.59 Å². The highest BCUT2D eigenvalue weighted by molar-refractivity contribution is 6.04. The molecule has 0 bridgehead atoms. The lowest BCUT2D eigenvalue weighted by Crippen LogP contribution is -2.65. The Kier molecular flexibility index (Phi) is 5.18. The van der Waals surface area contributed by atoms with E-state index in [4.69, 9.17) is 4.74 Å². The molecule has 6 heteroatoms. The van der Waals surface area contributed by atoms with E-state index in [1.165, 1.54) is 26.2 Å². The molecule has 2 fully saturated rings. The quantitative estimate of drug-likeness (QED) is 0.765. The number of carbonyl (C=O) groups is 2. The first-order valence-corrected chi connectivity index (χ1v) is 9.36. The van der Waals surface area contributed by atoms with Crippen molar-refractivity contribution in [2.75, 3.05) is 11.9 Å². The molecule has 2 aliphatic rings. The van der Waals surface area contributed by atoms with Gasteiger partial charge >= 0.3 is 0 Å². The molecular weight excluding hydrogens is 318 g/mol. The molecule has 2 atom stereocenters. The fraction of sp³-hybridized carbons (Fsp3) is 0.684. The second-order valence-corrected chi connectivity index (χ2v) is 7.38. The van der Waals surface area contributed by atoms with Crippen molar-refractivity contribution >= 4 is 17.5 Å². The number of hydrogen-bond donors (Lipinski definition) is 3. The summed E-state index contributed by atoms with van der Waals surface area (Å²) in [5, 5.41) is 5.96. The Bertz CT molecular complexity index is 646. The summed E-state index contributed by atoms with van der Waals surface area (Å²) in [6.07, 6.45) is 8.72. The summed E-state index contributed by atoms with van der Waals surface area (Å²) < 4.78 is 5.96. The van der Waals surface area contributed by atoms with Gasteiger partial charge in [0.25, 0.3) is 5.91 Å². The van der Waals surface area contributed by atoms with Gasteiger partial charge in [0.15, 0.2) is 0 Å². The summed E-state index contributed by atoms with van der Waals surface area (Å²) in [6.45, 7) is 6.04. The number of H-pyrrole nitrogens is 1. The lowest BCUT2D eigenvalue weighted by atomic mass is 9.55. The second kappa shape index (κ2) is 7.20. The van der Waals surface area contributed by atoms with E-state index in [2.05, 4.69) is 15.6 Å². The van der Waals surface area contributed by atoms with Crippen LogP contribution in [-0.4, -0.2) is 35.6 Å². The van der Waals surface area contributed by atoms with Crippen molar-refractivity contribution in [2.24, 2.45) is 5.41 Å². The molecule has 2 unspecified atom stereocenters. The summed E-state index contributed by atoms with van der Waals surface area (Å²) >= 11 is 0. The molecule has 3 rings (SSSR count). The second-order valence-electron chi connectivity index (χ2n) is 7.38. The number of hydrogen-bond acceptors (Lipinski definition) is 3. The Morgan fingerprint density at radius 1 is 1.32 bits per heavy atom. The highest BCUT2D eigenvalue weighted by Gasteiger charge is 2.56. The third kappa shape index (κ3) is 3.32. The van der Waals surface area contributed by atoms with Gasteiger partial charge < -0.3 is 20.4 Å². The molecule has 0 aliphatic heterocycles. The number of aromatic amines is 1. The van der Waals surface area contributed by atoms with Gasteiger partial charge in [-0.15, -0.1) is 0 Å². The van der Waals surface area contributed by atoms with Crippen molar-refractivity contribution in [1.29, 1.82) is 0 Å². The van der Waals surface area contributed by atoms with Gasteiger partial charge in [0.05, 0.1) is 17.4 Å². The predicted octanol–water partition coefficient (Wildman–Crippen LogP) is 3.14. The van der Waals surface area contributed by atoms with Gasteiger partial charge in [0.2, 0.25) is 5.91 Å². The maximum Gasteiger partial charge on any atom is 0.255 e. The average Bonchev–Trinajstić information content (AvgIpc) is 2.94. The Morgan fingerprint density at radius 3 is 2.68 bits per heavy atom. The fourth-order valence-corrected chi connectivity index (χ4v) is 4.60. The summed E-state index contributed by atoms with van der Waals surface area (Å²) in [5.74, 6) is -0.302. The predicted molar refractivity (Wildman–Crippen MR) is 96.6 cm³/mol. The Balaban J connectivity index is 1.75. The van der Waals surface area contributed by atoms with Crippen LogP contribution in [0.15, 0.2) is 6.20 Å². The third-order valence-corrected chi connectivity index (χ3v) is 5.86. The molecule has 138 valence electrons. The van der Waals surface area contributed by atoms with E-state index in [0.717, 1.165) is 31.6 Å². The molecule has 0 saturated heterocycles. The standard InChI is InChI=1S/C19H29N3O3/c1-4-25-16-10-15(19(16)8-6-5-7-9-19)22-18(24)17-12(2)20-11-14(17)21-13(3)23/h11,15-16,20H,4-10H2,1-3H3,(H,21,23)(H,22,24). The lowest BCUT2D eigenvalue weighted by molar-refractivity contribution is -0.146. The van der Waals surface area contributed by atoms with E-state index >= 15 is 0 Å². The maximum absolute atomic E-state index is 12.9. The van der Waals surface area contributed by atoms with Crippen LogP contribution in [0, 0.1) is 12.3 Å². The van der Waals surface area contributed by atoms with Crippen LogP contribution >= 0.6 is 0 Å². The van der Waals surface area contributed by atoms with Crippen molar-refractivity contribution in [3.05, 3.63) is 17.5 Å². The third-order valence-electron chi connectivity index (χ3n) is 5.86. The SMILES string of the molecule is CCOC1CC(NC(=O)c2c(NC(C)=O)c[nH]c2C)C12CCCCC2. The first-order chi connectivity index (χ1) is 12.0. The van der Waals surface area contributed by atoms with Gasteiger partial charge in [0, 0.05) is 36.9 Å². The number of nitrogens with one attached hydrogen (secondary N) is 3.